The summed E-state index contributed by atoms with van der Waals surface area (Å²) >= 11 is 1.36. The molecule has 8 nitrogen and oxygen atoms in total. The number of hydrogen-bond acceptors (Lipinski definition) is 7. The number of anilines is 3. The summed E-state index contributed by atoms with van der Waals surface area (Å²) in [5, 5.41) is 14.9. The predicted molar refractivity (Wildman–Crippen MR) is 101 cm³/mol. The summed E-state index contributed by atoms with van der Waals surface area (Å²) in [6, 6.07) is 6.46. The molecule has 2 N–H and O–H groups in total. The number of methoxy groups -OCH3 is 1. The highest BCUT2D eigenvalue weighted by Crippen LogP contribution is 2.29. The molecule has 1 aromatic heterocycles. The number of nitrogens with one attached hydrogen (secondary N) is 2. The summed E-state index contributed by atoms with van der Waals surface area (Å²) < 4.78 is 4.64. The van der Waals surface area contributed by atoms with Crippen molar-refractivity contribution < 1.29 is 14.3 Å². The third-order valence-electron chi connectivity index (χ3n) is 4.25. The number of urea groups is 1. The van der Waals surface area contributed by atoms with Crippen molar-refractivity contribution in [2.45, 2.75) is 32.2 Å². The van der Waals surface area contributed by atoms with Crippen LogP contribution in [0.3, 0.4) is 0 Å². The average Bonchev–Trinajstić information content (AvgIpc) is 3.10. The molecule has 0 spiro atoms. The molecule has 0 aliphatic carbocycles. The first-order valence-electron chi connectivity index (χ1n) is 8.43. The van der Waals surface area contributed by atoms with Gasteiger partial charge in [0.15, 0.2) is 0 Å². The van der Waals surface area contributed by atoms with Crippen LogP contribution in [0.15, 0.2) is 24.3 Å². The molecule has 0 bridgehead atoms. The maximum absolute atomic E-state index is 12.1. The van der Waals surface area contributed by atoms with Gasteiger partial charge in [-0.05, 0) is 50.5 Å². The van der Waals surface area contributed by atoms with Crippen LogP contribution in [-0.4, -0.2) is 41.9 Å². The van der Waals surface area contributed by atoms with E-state index in [-0.39, 0.29) is 0 Å². The van der Waals surface area contributed by atoms with Crippen LogP contribution in [0, 0.1) is 0 Å². The number of carbonyl (C=O) groups excluding carboxylic acids is 2. The number of esters is 1. The van der Waals surface area contributed by atoms with Gasteiger partial charge in [-0.15, -0.1) is 10.2 Å². The van der Waals surface area contributed by atoms with Gasteiger partial charge in [0.25, 0.3) is 0 Å². The van der Waals surface area contributed by atoms with Gasteiger partial charge in [0, 0.05) is 18.3 Å². The third kappa shape index (κ3) is 4.29. The molecular weight excluding hydrogens is 354 g/mol. The predicted octanol–water partition coefficient (Wildman–Crippen LogP) is 3.35. The van der Waals surface area contributed by atoms with Crippen LogP contribution >= 0.6 is 11.3 Å². The average molecular weight is 375 g/mol. The van der Waals surface area contributed by atoms with Gasteiger partial charge in [-0.1, -0.05) is 11.3 Å². The first-order chi connectivity index (χ1) is 12.6. The summed E-state index contributed by atoms with van der Waals surface area (Å²) in [7, 11) is 1.32. The quantitative estimate of drug-likeness (QED) is 0.796. The first kappa shape index (κ1) is 18.1. The molecular formula is C17H21N5O3S. The molecule has 1 fully saturated rings. The van der Waals surface area contributed by atoms with Crippen LogP contribution in [0.5, 0.6) is 0 Å². The summed E-state index contributed by atoms with van der Waals surface area (Å²) in [6.07, 6.45) is 3.53. The van der Waals surface area contributed by atoms with Crippen LogP contribution in [0.4, 0.5) is 20.7 Å². The number of benzene rings is 1. The van der Waals surface area contributed by atoms with Crippen LogP contribution in [0.2, 0.25) is 0 Å². The lowest BCUT2D eigenvalue weighted by molar-refractivity contribution is 0.0601. The van der Waals surface area contributed by atoms with E-state index in [1.807, 2.05) is 0 Å². The molecule has 1 unspecified atom stereocenters. The number of ether oxygens (including phenoxy) is 1. The molecule has 0 radical (unpaired) electrons. The second-order valence-electron chi connectivity index (χ2n) is 6.08. The highest BCUT2D eigenvalue weighted by atomic mass is 32.1. The zero-order valence-electron chi connectivity index (χ0n) is 14.7. The molecule has 2 amide bonds. The van der Waals surface area contributed by atoms with Gasteiger partial charge in [0.05, 0.1) is 12.7 Å². The maximum Gasteiger partial charge on any atom is 0.337 e. The number of carbonyl (C=O) groups is 2. The van der Waals surface area contributed by atoms with E-state index in [1.165, 1.54) is 24.9 Å². The van der Waals surface area contributed by atoms with E-state index in [2.05, 4.69) is 37.4 Å². The Balaban J connectivity index is 1.57. The standard InChI is InChI=1S/C17H21N5O3S/c1-11-5-3-4-10-22(11)17-21-20-16(26-17)19-15(24)18-13-8-6-12(7-9-13)14(23)25-2/h6-9,11H,3-5,10H2,1-2H3,(H2,18,19,20,24). The van der Waals surface area contributed by atoms with Crippen molar-refractivity contribution in [1.82, 2.24) is 10.2 Å². The molecule has 138 valence electrons. The Hall–Kier alpha value is -2.68. The van der Waals surface area contributed by atoms with Crippen molar-refractivity contribution in [2.24, 2.45) is 0 Å². The largest absolute Gasteiger partial charge is 0.465 e. The normalized spacial score (nSPS) is 16.8. The van der Waals surface area contributed by atoms with Gasteiger partial charge in [0.2, 0.25) is 10.3 Å². The molecule has 2 aromatic rings. The second kappa shape index (κ2) is 8.13. The third-order valence-corrected chi connectivity index (χ3v) is 5.12. The number of aromatic nitrogens is 2. The van der Waals surface area contributed by atoms with Crippen LogP contribution in [0.1, 0.15) is 36.5 Å². The Bertz CT molecular complexity index is 777. The Morgan fingerprint density at radius 3 is 2.65 bits per heavy atom. The van der Waals surface area contributed by atoms with Gasteiger partial charge in [-0.3, -0.25) is 5.32 Å². The van der Waals surface area contributed by atoms with E-state index in [1.54, 1.807) is 24.3 Å². The van der Waals surface area contributed by atoms with Crippen LogP contribution in [-0.2, 0) is 4.74 Å². The van der Waals surface area contributed by atoms with Crippen molar-refractivity contribution in [1.29, 1.82) is 0 Å². The molecule has 0 saturated carbocycles. The molecule has 2 heterocycles. The molecule has 1 aromatic carbocycles. The van der Waals surface area contributed by atoms with Crippen molar-refractivity contribution >= 4 is 39.3 Å². The van der Waals surface area contributed by atoms with Crippen LogP contribution in [0.25, 0.3) is 0 Å². The number of nitrogens with zero attached hydrogens (tertiary/aromatic N) is 3. The summed E-state index contributed by atoms with van der Waals surface area (Å²) in [5.41, 5.74) is 0.979. The summed E-state index contributed by atoms with van der Waals surface area (Å²) in [6.45, 7) is 3.15. The fourth-order valence-electron chi connectivity index (χ4n) is 2.83. The Kier molecular flexibility index (Phi) is 5.67. The lowest BCUT2D eigenvalue weighted by atomic mass is 10.1. The fourth-order valence-corrected chi connectivity index (χ4v) is 3.70. The lowest BCUT2D eigenvalue weighted by Gasteiger charge is -2.32. The molecule has 26 heavy (non-hydrogen) atoms. The number of piperidine rings is 1. The molecule has 1 aliphatic heterocycles. The SMILES string of the molecule is COC(=O)c1ccc(NC(=O)Nc2nnc(N3CCCCC3C)s2)cc1. The Morgan fingerprint density at radius 1 is 1.19 bits per heavy atom. The van der Waals surface area contributed by atoms with Gasteiger partial charge < -0.3 is 15.0 Å². The zero-order valence-corrected chi connectivity index (χ0v) is 15.5. The van der Waals surface area contributed by atoms with Gasteiger partial charge in [-0.2, -0.15) is 0 Å². The van der Waals surface area contributed by atoms with Crippen molar-refractivity contribution in [3.63, 3.8) is 0 Å². The molecule has 1 saturated heterocycles. The van der Waals surface area contributed by atoms with E-state index in [4.69, 9.17) is 0 Å². The highest BCUT2D eigenvalue weighted by molar-refractivity contribution is 7.19. The zero-order chi connectivity index (χ0) is 18.5. The van der Waals surface area contributed by atoms with Crippen molar-refractivity contribution in [3.8, 4) is 0 Å². The molecule has 1 aliphatic rings. The number of amides is 2. The number of rotatable bonds is 4. The summed E-state index contributed by atoms with van der Waals surface area (Å²) in [4.78, 5) is 25.8. The minimum atomic E-state index is -0.422. The maximum atomic E-state index is 12.1. The topological polar surface area (TPSA) is 96.4 Å². The van der Waals surface area contributed by atoms with Gasteiger partial charge >= 0.3 is 12.0 Å². The monoisotopic (exact) mass is 375 g/mol. The molecule has 3 rings (SSSR count). The van der Waals surface area contributed by atoms with E-state index >= 15 is 0 Å². The minimum absolute atomic E-state index is 0.412. The van der Waals surface area contributed by atoms with E-state index in [0.717, 1.165) is 24.5 Å². The van der Waals surface area contributed by atoms with Gasteiger partial charge in [-0.25, -0.2) is 9.59 Å². The highest BCUT2D eigenvalue weighted by Gasteiger charge is 2.22. The van der Waals surface area contributed by atoms with Crippen LogP contribution < -0.4 is 15.5 Å². The molecule has 9 heteroatoms. The fraction of sp³-hybridized carbons (Fsp3) is 0.412. The second-order valence-corrected chi connectivity index (χ2v) is 7.03. The minimum Gasteiger partial charge on any atom is -0.465 e. The van der Waals surface area contributed by atoms with Crippen molar-refractivity contribution in [2.75, 3.05) is 29.2 Å². The van der Waals surface area contributed by atoms with Gasteiger partial charge in [0.1, 0.15) is 0 Å². The smallest absolute Gasteiger partial charge is 0.337 e. The van der Waals surface area contributed by atoms with E-state index < -0.39 is 12.0 Å². The van der Waals surface area contributed by atoms with E-state index in [9.17, 15) is 9.59 Å². The Labute approximate surface area is 155 Å². The van der Waals surface area contributed by atoms with E-state index in [0.29, 0.717) is 22.4 Å². The number of hydrogen-bond donors (Lipinski definition) is 2. The van der Waals surface area contributed by atoms with Crippen molar-refractivity contribution in [3.05, 3.63) is 29.8 Å². The molecule has 1 atom stereocenters. The summed E-state index contributed by atoms with van der Waals surface area (Å²) in [5.74, 6) is -0.422. The lowest BCUT2D eigenvalue weighted by Crippen LogP contribution is -2.37. The Morgan fingerprint density at radius 2 is 1.96 bits per heavy atom. The first-order valence-corrected chi connectivity index (χ1v) is 9.25.